The highest BCUT2D eigenvalue weighted by Crippen LogP contribution is 2.60. The second-order valence-corrected chi connectivity index (χ2v) is 9.82. The van der Waals surface area contributed by atoms with E-state index >= 15 is 0 Å². The van der Waals surface area contributed by atoms with Crippen LogP contribution in [-0.4, -0.2) is 48.9 Å². The molecule has 5 aliphatic carbocycles. The lowest BCUT2D eigenvalue weighted by Crippen LogP contribution is -2.66. The molecule has 1 amide bonds. The van der Waals surface area contributed by atoms with Crippen molar-refractivity contribution in [1.29, 1.82) is 0 Å². The van der Waals surface area contributed by atoms with Gasteiger partial charge in [0.1, 0.15) is 0 Å². The second-order valence-electron chi connectivity index (χ2n) is 9.82. The van der Waals surface area contributed by atoms with Crippen LogP contribution < -0.4 is 11.1 Å². The number of aromatic nitrogens is 4. The van der Waals surface area contributed by atoms with Gasteiger partial charge in [-0.15, -0.1) is 22.6 Å². The Balaban J connectivity index is 0.00000192. The first-order chi connectivity index (χ1) is 12.9. The van der Waals surface area contributed by atoms with Crippen LogP contribution in [0.4, 0.5) is 0 Å². The molecule has 0 spiro atoms. The number of hydrogen-bond donors (Lipinski definition) is 3. The Morgan fingerprint density at radius 3 is 2.54 bits per heavy atom. The van der Waals surface area contributed by atoms with E-state index in [1.165, 1.54) is 6.42 Å². The molecule has 1 heterocycles. The zero-order chi connectivity index (χ0) is 18.8. The maximum absolute atomic E-state index is 13.1. The Morgan fingerprint density at radius 1 is 1.21 bits per heavy atom. The lowest BCUT2D eigenvalue weighted by molar-refractivity contribution is -0.136. The van der Waals surface area contributed by atoms with Crippen molar-refractivity contribution in [3.05, 3.63) is 5.82 Å². The normalized spacial score (nSPS) is 44.2. The molecule has 5 saturated carbocycles. The van der Waals surface area contributed by atoms with E-state index < -0.39 is 6.10 Å². The van der Waals surface area contributed by atoms with Crippen molar-refractivity contribution in [2.75, 3.05) is 0 Å². The van der Waals surface area contributed by atoms with Crippen molar-refractivity contribution < 1.29 is 9.90 Å². The average Bonchev–Trinajstić information content (AvgIpc) is 3.03. The van der Waals surface area contributed by atoms with Crippen LogP contribution in [0.3, 0.4) is 0 Å². The van der Waals surface area contributed by atoms with Gasteiger partial charge in [-0.25, -0.2) is 0 Å². The van der Waals surface area contributed by atoms with Crippen molar-refractivity contribution in [2.24, 2.45) is 23.5 Å². The molecule has 1 aromatic rings. The van der Waals surface area contributed by atoms with Crippen molar-refractivity contribution >= 4 is 18.3 Å². The van der Waals surface area contributed by atoms with Gasteiger partial charge in [-0.3, -0.25) is 4.79 Å². The number of aliphatic hydroxyl groups is 1. The Bertz CT molecular complexity index is 741. The number of nitrogens with one attached hydrogen (secondary N) is 1. The minimum absolute atomic E-state index is 0. The minimum atomic E-state index is -0.474. The fraction of sp³-hybridized carbons (Fsp3) is 0.895. The summed E-state index contributed by atoms with van der Waals surface area (Å²) >= 11 is 0. The van der Waals surface area contributed by atoms with Crippen LogP contribution in [0.25, 0.3) is 0 Å². The second kappa shape index (κ2) is 6.92. The third kappa shape index (κ3) is 3.23. The van der Waals surface area contributed by atoms with Crippen LogP contribution >= 0.6 is 12.4 Å². The number of carbonyl (C=O) groups is 1. The fourth-order valence-corrected chi connectivity index (χ4v) is 6.87. The Kier molecular flexibility index (Phi) is 4.95. The maximum atomic E-state index is 13.1. The molecule has 8 nitrogen and oxygen atoms in total. The summed E-state index contributed by atoms with van der Waals surface area (Å²) < 4.78 is 0. The molecule has 0 radical (unpaired) electrons. The molecule has 0 saturated heterocycles. The zero-order valence-corrected chi connectivity index (χ0v) is 17.2. The number of aryl methyl sites for hydroxylation is 1. The fourth-order valence-electron chi connectivity index (χ4n) is 6.87. The van der Waals surface area contributed by atoms with Crippen LogP contribution in [0.15, 0.2) is 0 Å². The first-order valence-electron chi connectivity index (χ1n) is 10.4. The van der Waals surface area contributed by atoms with E-state index in [2.05, 4.69) is 20.7 Å². The van der Waals surface area contributed by atoms with Crippen molar-refractivity contribution in [3.63, 3.8) is 0 Å². The van der Waals surface area contributed by atoms with Gasteiger partial charge >= 0.3 is 0 Å². The monoisotopic (exact) mass is 410 g/mol. The molecule has 5 fully saturated rings. The summed E-state index contributed by atoms with van der Waals surface area (Å²) in [5.41, 5.74) is 5.76. The number of nitrogens with zero attached hydrogens (tertiary/aromatic N) is 4. The predicted molar refractivity (Wildman–Crippen MR) is 105 cm³/mol. The summed E-state index contributed by atoms with van der Waals surface area (Å²) in [4.78, 5) is 14.9. The molecular formula is C19H31ClN6O2. The van der Waals surface area contributed by atoms with Gasteiger partial charge in [0.15, 0.2) is 5.82 Å². The van der Waals surface area contributed by atoms with Crippen LogP contribution in [0, 0.1) is 24.7 Å². The highest BCUT2D eigenvalue weighted by molar-refractivity contribution is 5.85. The number of tetrazole rings is 1. The number of aliphatic hydroxyl groups excluding tert-OH is 1. The molecule has 9 heteroatoms. The van der Waals surface area contributed by atoms with E-state index in [0.717, 1.165) is 38.5 Å². The molecule has 0 aromatic carbocycles. The third-order valence-corrected chi connectivity index (χ3v) is 7.59. The summed E-state index contributed by atoms with van der Waals surface area (Å²) in [6.45, 7) is 1.88. The van der Waals surface area contributed by atoms with Crippen molar-refractivity contribution in [1.82, 2.24) is 25.5 Å². The number of hydrogen-bond acceptors (Lipinski definition) is 6. The molecule has 5 aliphatic rings. The molecular weight excluding hydrogens is 380 g/mol. The number of halogens is 1. The summed E-state index contributed by atoms with van der Waals surface area (Å²) in [5.74, 6) is 1.98. The highest BCUT2D eigenvalue weighted by Gasteiger charge is 2.60. The van der Waals surface area contributed by atoms with Gasteiger partial charge < -0.3 is 16.2 Å². The molecule has 28 heavy (non-hydrogen) atoms. The molecule has 2 unspecified atom stereocenters. The lowest BCUT2D eigenvalue weighted by atomic mass is 9.50. The molecule has 5 atom stereocenters. The minimum Gasteiger partial charge on any atom is -0.392 e. The Labute approximate surface area is 171 Å². The van der Waals surface area contributed by atoms with Crippen LogP contribution in [0.2, 0.25) is 0 Å². The van der Waals surface area contributed by atoms with Gasteiger partial charge in [0.05, 0.1) is 11.6 Å². The van der Waals surface area contributed by atoms with E-state index in [4.69, 9.17) is 5.73 Å². The van der Waals surface area contributed by atoms with Crippen molar-refractivity contribution in [3.8, 4) is 0 Å². The molecule has 156 valence electrons. The van der Waals surface area contributed by atoms with Crippen LogP contribution in [-0.2, 0) is 10.3 Å². The quantitative estimate of drug-likeness (QED) is 0.685. The van der Waals surface area contributed by atoms with Crippen LogP contribution in [0.1, 0.15) is 63.6 Å². The van der Waals surface area contributed by atoms with E-state index in [1.807, 2.05) is 11.7 Å². The van der Waals surface area contributed by atoms with Crippen molar-refractivity contribution in [2.45, 2.75) is 87.9 Å². The van der Waals surface area contributed by atoms with E-state index in [-0.39, 0.29) is 41.4 Å². The van der Waals surface area contributed by atoms with E-state index in [0.29, 0.717) is 30.5 Å². The molecule has 1 aromatic heterocycles. The third-order valence-electron chi connectivity index (χ3n) is 7.59. The standard InChI is InChI=1S/C19H30N6O2.ClH/c1-11-22-24-25(23-11)19-8-12-4-13(9-19)7-18(6-12,10-19)21-17(27)14-2-3-16(26)15(20)5-14;/h12-16,26H,2-10,20H2,1H3,(H,21,27);1H/t12?,13?,14-,15+,16+,18?,19?;/m0./s1. The van der Waals surface area contributed by atoms with Gasteiger partial charge in [0.2, 0.25) is 5.91 Å². The lowest BCUT2D eigenvalue weighted by Gasteiger charge is -2.61. The Hall–Kier alpha value is -1.25. The van der Waals surface area contributed by atoms with Crippen LogP contribution in [0.5, 0.6) is 0 Å². The van der Waals surface area contributed by atoms with E-state index in [9.17, 15) is 9.90 Å². The summed E-state index contributed by atoms with van der Waals surface area (Å²) in [6.07, 6.45) is 7.90. The highest BCUT2D eigenvalue weighted by atomic mass is 35.5. The topological polar surface area (TPSA) is 119 Å². The Morgan fingerprint density at radius 2 is 1.93 bits per heavy atom. The van der Waals surface area contributed by atoms with Gasteiger partial charge in [-0.05, 0) is 81.8 Å². The maximum Gasteiger partial charge on any atom is 0.223 e. The average molecular weight is 411 g/mol. The zero-order valence-electron chi connectivity index (χ0n) is 16.4. The molecule has 0 aliphatic heterocycles. The van der Waals surface area contributed by atoms with Gasteiger partial charge in [-0.1, -0.05) is 0 Å². The number of nitrogens with two attached hydrogens (primary N) is 1. The summed E-state index contributed by atoms with van der Waals surface area (Å²) in [5, 5.41) is 26.3. The first-order valence-corrected chi connectivity index (χ1v) is 10.4. The largest absolute Gasteiger partial charge is 0.392 e. The van der Waals surface area contributed by atoms with Gasteiger partial charge in [-0.2, -0.15) is 4.80 Å². The van der Waals surface area contributed by atoms with Gasteiger partial charge in [0, 0.05) is 17.5 Å². The SMILES string of the molecule is Cc1nnn(C23CC4CC(CC(NC(=O)[C@H]5CC[C@@H](O)[C@H](N)C5)(C4)C2)C3)n1.Cl. The predicted octanol–water partition coefficient (Wildman–Crippen LogP) is 1.06. The summed E-state index contributed by atoms with van der Waals surface area (Å²) in [7, 11) is 0. The molecule has 4 bridgehead atoms. The number of carbonyl (C=O) groups excluding carboxylic acids is 1. The number of amides is 1. The smallest absolute Gasteiger partial charge is 0.223 e. The van der Waals surface area contributed by atoms with E-state index in [1.54, 1.807) is 0 Å². The first kappa shape index (κ1) is 20.0. The number of rotatable bonds is 3. The summed E-state index contributed by atoms with van der Waals surface area (Å²) in [6, 6.07) is -0.292. The molecule has 4 N–H and O–H groups in total. The van der Waals surface area contributed by atoms with Gasteiger partial charge in [0.25, 0.3) is 0 Å². The molecule has 6 rings (SSSR count).